The minimum absolute atomic E-state index is 0.355. The van der Waals surface area contributed by atoms with E-state index < -0.39 is 5.60 Å². The zero-order valence-electron chi connectivity index (χ0n) is 14.5. The van der Waals surface area contributed by atoms with Crippen LogP contribution < -0.4 is 9.64 Å². The Morgan fingerprint density at radius 3 is 2.62 bits per heavy atom. The van der Waals surface area contributed by atoms with Gasteiger partial charge >= 0.3 is 6.09 Å². The van der Waals surface area contributed by atoms with Gasteiger partial charge in [0, 0.05) is 17.5 Å². The summed E-state index contributed by atoms with van der Waals surface area (Å²) in [7, 11) is 0. The van der Waals surface area contributed by atoms with E-state index in [-0.39, 0.29) is 6.09 Å². The van der Waals surface area contributed by atoms with Crippen molar-refractivity contribution in [2.45, 2.75) is 33.3 Å². The lowest BCUT2D eigenvalue weighted by Gasteiger charge is -2.31. The summed E-state index contributed by atoms with van der Waals surface area (Å²) in [6.45, 7) is 8.46. The molecule has 0 saturated carbocycles. The van der Waals surface area contributed by atoms with Crippen molar-refractivity contribution in [3.05, 3.63) is 42.2 Å². The number of carbonyl (C=O) groups excluding carboxylic acids is 1. The first-order valence-electron chi connectivity index (χ1n) is 8.04. The number of hydrogen-bond donors (Lipinski definition) is 0. The fourth-order valence-corrected chi connectivity index (χ4v) is 2.54. The summed E-state index contributed by atoms with van der Waals surface area (Å²) in [5.41, 5.74) is 3.15. The molecule has 1 aromatic carbocycles. The Hall–Kier alpha value is -2.56. The third-order valence-electron chi connectivity index (χ3n) is 3.68. The molecule has 2 heterocycles. The van der Waals surface area contributed by atoms with E-state index in [1.807, 2.05) is 64.2 Å². The topological polar surface area (TPSA) is 51.7 Å². The zero-order valence-corrected chi connectivity index (χ0v) is 14.5. The van der Waals surface area contributed by atoms with E-state index in [1.54, 1.807) is 4.90 Å². The molecule has 24 heavy (non-hydrogen) atoms. The number of amides is 1. The summed E-state index contributed by atoms with van der Waals surface area (Å²) < 4.78 is 11.2. The van der Waals surface area contributed by atoms with Crippen LogP contribution in [0, 0.1) is 6.92 Å². The fraction of sp³-hybridized carbons (Fsp3) is 0.368. The molecule has 1 aliphatic heterocycles. The van der Waals surface area contributed by atoms with E-state index in [4.69, 9.17) is 9.47 Å². The van der Waals surface area contributed by atoms with Gasteiger partial charge < -0.3 is 9.47 Å². The summed E-state index contributed by atoms with van der Waals surface area (Å²) in [5.74, 6) is 0.691. The molecule has 1 amide bonds. The van der Waals surface area contributed by atoms with Gasteiger partial charge in [-0.05, 0) is 51.5 Å². The first kappa shape index (κ1) is 16.3. The quantitative estimate of drug-likeness (QED) is 0.788. The third kappa shape index (κ3) is 3.50. The van der Waals surface area contributed by atoms with Gasteiger partial charge in [0.15, 0.2) is 0 Å². The van der Waals surface area contributed by atoms with E-state index >= 15 is 0 Å². The van der Waals surface area contributed by atoms with Crippen LogP contribution in [0.25, 0.3) is 11.1 Å². The van der Waals surface area contributed by atoms with E-state index in [0.29, 0.717) is 18.9 Å². The van der Waals surface area contributed by atoms with E-state index in [0.717, 1.165) is 22.5 Å². The van der Waals surface area contributed by atoms with Gasteiger partial charge in [-0.3, -0.25) is 9.88 Å². The number of carbonyl (C=O) groups is 1. The van der Waals surface area contributed by atoms with Crippen LogP contribution in [-0.2, 0) is 4.74 Å². The molecule has 0 spiro atoms. The Morgan fingerprint density at radius 2 is 1.96 bits per heavy atom. The number of nitrogens with zero attached hydrogens (tertiary/aromatic N) is 2. The second-order valence-corrected chi connectivity index (χ2v) is 6.85. The van der Waals surface area contributed by atoms with Crippen molar-refractivity contribution in [3.63, 3.8) is 0 Å². The molecule has 0 unspecified atom stereocenters. The molecule has 2 aromatic rings. The molecule has 0 fully saturated rings. The highest BCUT2D eigenvalue weighted by Crippen LogP contribution is 2.36. The van der Waals surface area contributed by atoms with Gasteiger partial charge in [0.25, 0.3) is 0 Å². The van der Waals surface area contributed by atoms with Crippen molar-refractivity contribution < 1.29 is 14.3 Å². The highest BCUT2D eigenvalue weighted by atomic mass is 16.6. The second kappa shape index (κ2) is 6.15. The Kier molecular flexibility index (Phi) is 4.18. The molecule has 3 rings (SSSR count). The minimum atomic E-state index is -0.534. The second-order valence-electron chi connectivity index (χ2n) is 6.85. The van der Waals surface area contributed by atoms with Gasteiger partial charge in [0.05, 0.1) is 12.2 Å². The Bertz CT molecular complexity index is 748. The van der Waals surface area contributed by atoms with Crippen LogP contribution in [0.4, 0.5) is 10.5 Å². The number of benzene rings is 1. The molecular weight excluding hydrogens is 304 g/mol. The number of pyridine rings is 1. The maximum absolute atomic E-state index is 12.5. The van der Waals surface area contributed by atoms with E-state index in [2.05, 4.69) is 4.98 Å². The van der Waals surface area contributed by atoms with Gasteiger partial charge in [0.2, 0.25) is 0 Å². The number of anilines is 1. The van der Waals surface area contributed by atoms with Crippen LogP contribution in [0.5, 0.6) is 5.75 Å². The molecule has 0 radical (unpaired) electrons. The third-order valence-corrected chi connectivity index (χ3v) is 3.68. The van der Waals surface area contributed by atoms with Crippen LogP contribution >= 0.6 is 0 Å². The van der Waals surface area contributed by atoms with Crippen molar-refractivity contribution in [1.82, 2.24) is 4.98 Å². The zero-order chi connectivity index (χ0) is 17.3. The van der Waals surface area contributed by atoms with Crippen LogP contribution in [-0.4, -0.2) is 29.8 Å². The molecular formula is C19H22N2O3. The van der Waals surface area contributed by atoms with Crippen LogP contribution in [0.3, 0.4) is 0 Å². The van der Waals surface area contributed by atoms with E-state index in [9.17, 15) is 4.79 Å². The molecule has 1 aromatic heterocycles. The molecule has 5 nitrogen and oxygen atoms in total. The molecule has 5 heteroatoms. The summed E-state index contributed by atoms with van der Waals surface area (Å²) >= 11 is 0. The van der Waals surface area contributed by atoms with Crippen LogP contribution in [0.2, 0.25) is 0 Å². The Morgan fingerprint density at radius 1 is 1.21 bits per heavy atom. The average Bonchev–Trinajstić information content (AvgIpc) is 2.53. The lowest BCUT2D eigenvalue weighted by Crippen LogP contribution is -2.41. The lowest BCUT2D eigenvalue weighted by atomic mass is 10.1. The molecule has 0 saturated heterocycles. The summed E-state index contributed by atoms with van der Waals surface area (Å²) in [5, 5.41) is 0. The van der Waals surface area contributed by atoms with Gasteiger partial charge in [0.1, 0.15) is 18.0 Å². The predicted molar refractivity (Wildman–Crippen MR) is 93.5 cm³/mol. The van der Waals surface area contributed by atoms with E-state index in [1.165, 1.54) is 0 Å². The SMILES string of the molecule is Cc1ccc(-c2ccc3c(c2)N(C(=O)OC(C)(C)C)CCO3)cn1. The van der Waals surface area contributed by atoms with Crippen molar-refractivity contribution in [2.75, 3.05) is 18.1 Å². The summed E-state index contributed by atoms with van der Waals surface area (Å²) in [4.78, 5) is 18.5. The number of fused-ring (bicyclic) bond motifs is 1. The molecule has 126 valence electrons. The fourth-order valence-electron chi connectivity index (χ4n) is 2.54. The lowest BCUT2D eigenvalue weighted by molar-refractivity contribution is 0.0568. The van der Waals surface area contributed by atoms with Crippen LogP contribution in [0.15, 0.2) is 36.5 Å². The maximum atomic E-state index is 12.5. The van der Waals surface area contributed by atoms with Crippen molar-refractivity contribution >= 4 is 11.8 Å². The van der Waals surface area contributed by atoms with Gasteiger partial charge in [-0.1, -0.05) is 12.1 Å². The predicted octanol–water partition coefficient (Wildman–Crippen LogP) is 4.19. The molecule has 0 bridgehead atoms. The number of aromatic nitrogens is 1. The van der Waals surface area contributed by atoms with Crippen molar-refractivity contribution in [3.8, 4) is 16.9 Å². The first-order valence-corrected chi connectivity index (χ1v) is 8.04. The number of rotatable bonds is 1. The standard InChI is InChI=1S/C19H22N2O3/c1-13-5-6-15(12-20-13)14-7-8-17-16(11-14)21(9-10-23-17)18(22)24-19(2,3)4/h5-8,11-12H,9-10H2,1-4H3. The smallest absolute Gasteiger partial charge is 0.415 e. The molecule has 0 atom stereocenters. The van der Waals surface area contributed by atoms with Crippen molar-refractivity contribution in [2.24, 2.45) is 0 Å². The highest BCUT2D eigenvalue weighted by molar-refractivity contribution is 5.91. The monoisotopic (exact) mass is 326 g/mol. The van der Waals surface area contributed by atoms with Gasteiger partial charge in [-0.2, -0.15) is 0 Å². The van der Waals surface area contributed by atoms with Crippen LogP contribution in [0.1, 0.15) is 26.5 Å². The van der Waals surface area contributed by atoms with Crippen molar-refractivity contribution in [1.29, 1.82) is 0 Å². The molecule has 0 N–H and O–H groups in total. The minimum Gasteiger partial charge on any atom is -0.490 e. The first-order chi connectivity index (χ1) is 11.3. The number of ether oxygens (including phenoxy) is 2. The highest BCUT2D eigenvalue weighted by Gasteiger charge is 2.28. The molecule has 1 aliphatic rings. The summed E-state index contributed by atoms with van der Waals surface area (Å²) in [6, 6.07) is 9.80. The normalized spacial score (nSPS) is 13.9. The number of aryl methyl sites for hydroxylation is 1. The van der Waals surface area contributed by atoms with Gasteiger partial charge in [-0.25, -0.2) is 4.79 Å². The molecule has 0 aliphatic carbocycles. The largest absolute Gasteiger partial charge is 0.490 e. The Balaban J connectivity index is 1.95. The average molecular weight is 326 g/mol. The number of hydrogen-bond acceptors (Lipinski definition) is 4. The Labute approximate surface area is 142 Å². The summed E-state index contributed by atoms with van der Waals surface area (Å²) in [6.07, 6.45) is 1.48. The maximum Gasteiger partial charge on any atom is 0.415 e. The van der Waals surface area contributed by atoms with Gasteiger partial charge in [-0.15, -0.1) is 0 Å².